The number of aliphatic carboxylic acids is 1. The molecule has 0 saturated carbocycles. The van der Waals surface area contributed by atoms with Crippen molar-refractivity contribution in [2.45, 2.75) is 32.2 Å². The van der Waals surface area contributed by atoms with Crippen LogP contribution in [0.1, 0.15) is 26.2 Å². The van der Waals surface area contributed by atoms with Gasteiger partial charge >= 0.3 is 5.97 Å². The Morgan fingerprint density at radius 1 is 1.67 bits per heavy atom. The zero-order valence-electron chi connectivity index (χ0n) is 7.55. The minimum Gasteiger partial charge on any atom is -0.480 e. The molecule has 3 nitrogen and oxygen atoms in total. The highest BCUT2D eigenvalue weighted by molar-refractivity contribution is 5.75. The van der Waals surface area contributed by atoms with E-state index in [1.165, 1.54) is 6.08 Å². The molecule has 70 valence electrons. The van der Waals surface area contributed by atoms with Crippen molar-refractivity contribution in [3.63, 3.8) is 0 Å². The summed E-state index contributed by atoms with van der Waals surface area (Å²) in [6, 6.07) is -0.596. The van der Waals surface area contributed by atoms with Crippen molar-refractivity contribution >= 4 is 5.97 Å². The smallest absolute Gasteiger partial charge is 0.324 e. The van der Waals surface area contributed by atoms with Crippen LogP contribution in [0.5, 0.6) is 0 Å². The first-order valence-electron chi connectivity index (χ1n) is 4.31. The highest BCUT2D eigenvalue weighted by atomic mass is 16.4. The van der Waals surface area contributed by atoms with E-state index < -0.39 is 12.0 Å². The molecular formula is C9H17NO2. The molecule has 0 aliphatic carbocycles. The van der Waals surface area contributed by atoms with Crippen molar-refractivity contribution in [3.8, 4) is 0 Å². The second-order valence-corrected chi connectivity index (χ2v) is 2.71. The molecule has 1 unspecified atom stereocenters. The normalized spacial score (nSPS) is 12.4. The summed E-state index contributed by atoms with van der Waals surface area (Å²) in [6.45, 7) is 6.30. The zero-order chi connectivity index (χ0) is 9.40. The standard InChI is InChI=1S/C9H17NO2/c1-3-5-6-7-10-8(4-2)9(11)12/h4,8,10H,2-3,5-7H2,1H3,(H,11,12). The molecule has 0 aliphatic rings. The molecule has 0 amide bonds. The van der Waals surface area contributed by atoms with E-state index >= 15 is 0 Å². The molecule has 0 aromatic carbocycles. The van der Waals surface area contributed by atoms with Crippen molar-refractivity contribution in [2.75, 3.05) is 6.54 Å². The number of unbranched alkanes of at least 4 members (excludes halogenated alkanes) is 2. The van der Waals surface area contributed by atoms with Gasteiger partial charge in [0.05, 0.1) is 0 Å². The fourth-order valence-corrected chi connectivity index (χ4v) is 0.904. The van der Waals surface area contributed by atoms with Gasteiger partial charge in [-0.25, -0.2) is 0 Å². The molecule has 0 aromatic heterocycles. The van der Waals surface area contributed by atoms with Crippen LogP contribution >= 0.6 is 0 Å². The molecule has 0 aliphatic heterocycles. The SMILES string of the molecule is C=CC(NCCCCC)C(=O)O. The number of hydrogen-bond donors (Lipinski definition) is 2. The molecule has 0 bridgehead atoms. The fraction of sp³-hybridized carbons (Fsp3) is 0.667. The van der Waals surface area contributed by atoms with Crippen molar-refractivity contribution in [2.24, 2.45) is 0 Å². The van der Waals surface area contributed by atoms with Gasteiger partial charge in [0.2, 0.25) is 0 Å². The maximum Gasteiger partial charge on any atom is 0.324 e. The monoisotopic (exact) mass is 171 g/mol. The minimum absolute atomic E-state index is 0.596. The lowest BCUT2D eigenvalue weighted by Gasteiger charge is -2.08. The Morgan fingerprint density at radius 3 is 2.75 bits per heavy atom. The summed E-state index contributed by atoms with van der Waals surface area (Å²) in [5.41, 5.74) is 0. The first-order valence-corrected chi connectivity index (χ1v) is 4.31. The van der Waals surface area contributed by atoms with Gasteiger partial charge in [0.15, 0.2) is 0 Å². The van der Waals surface area contributed by atoms with Crippen molar-refractivity contribution in [1.29, 1.82) is 0 Å². The minimum atomic E-state index is -0.860. The van der Waals surface area contributed by atoms with Crippen LogP contribution < -0.4 is 5.32 Å². The molecule has 2 N–H and O–H groups in total. The van der Waals surface area contributed by atoms with Crippen molar-refractivity contribution < 1.29 is 9.90 Å². The van der Waals surface area contributed by atoms with Gasteiger partial charge in [0.25, 0.3) is 0 Å². The molecule has 12 heavy (non-hydrogen) atoms. The lowest BCUT2D eigenvalue weighted by atomic mass is 10.2. The molecule has 0 radical (unpaired) electrons. The van der Waals surface area contributed by atoms with E-state index in [1.807, 2.05) is 0 Å². The van der Waals surface area contributed by atoms with Gasteiger partial charge in [0, 0.05) is 0 Å². The number of carboxylic acids is 1. The number of carbonyl (C=O) groups is 1. The van der Waals surface area contributed by atoms with Gasteiger partial charge in [-0.2, -0.15) is 0 Å². The fourth-order valence-electron chi connectivity index (χ4n) is 0.904. The summed E-state index contributed by atoms with van der Waals surface area (Å²) < 4.78 is 0. The summed E-state index contributed by atoms with van der Waals surface area (Å²) in [7, 11) is 0. The van der Waals surface area contributed by atoms with E-state index in [0.717, 1.165) is 25.8 Å². The largest absolute Gasteiger partial charge is 0.480 e. The highest BCUT2D eigenvalue weighted by Gasteiger charge is 2.10. The molecule has 0 aromatic rings. The van der Waals surface area contributed by atoms with Gasteiger partial charge in [0.1, 0.15) is 6.04 Å². The number of rotatable bonds is 7. The maximum absolute atomic E-state index is 10.5. The van der Waals surface area contributed by atoms with Gasteiger partial charge in [-0.05, 0) is 13.0 Å². The first-order chi connectivity index (χ1) is 5.72. The predicted molar refractivity (Wildman–Crippen MR) is 49.1 cm³/mol. The first kappa shape index (κ1) is 11.2. The summed E-state index contributed by atoms with van der Waals surface area (Å²) >= 11 is 0. The third-order valence-corrected chi connectivity index (χ3v) is 1.65. The van der Waals surface area contributed by atoms with Crippen LogP contribution in [-0.4, -0.2) is 23.7 Å². The van der Waals surface area contributed by atoms with Crippen LogP contribution in [0.3, 0.4) is 0 Å². The average molecular weight is 171 g/mol. The van der Waals surface area contributed by atoms with Crippen LogP contribution in [0, 0.1) is 0 Å². The van der Waals surface area contributed by atoms with Crippen molar-refractivity contribution in [1.82, 2.24) is 5.32 Å². The van der Waals surface area contributed by atoms with Gasteiger partial charge in [-0.3, -0.25) is 4.79 Å². The van der Waals surface area contributed by atoms with Crippen LogP contribution in [0.15, 0.2) is 12.7 Å². The Labute approximate surface area is 73.5 Å². The van der Waals surface area contributed by atoms with Gasteiger partial charge in [-0.1, -0.05) is 25.8 Å². The number of hydrogen-bond acceptors (Lipinski definition) is 2. The molecule has 0 saturated heterocycles. The highest BCUT2D eigenvalue weighted by Crippen LogP contribution is 1.93. The van der Waals surface area contributed by atoms with E-state index in [9.17, 15) is 4.79 Å². The Morgan fingerprint density at radius 2 is 2.33 bits per heavy atom. The lowest BCUT2D eigenvalue weighted by molar-refractivity contribution is -0.138. The van der Waals surface area contributed by atoms with Crippen LogP contribution in [0.4, 0.5) is 0 Å². The Hall–Kier alpha value is -0.830. The quantitative estimate of drug-likeness (QED) is 0.449. The van der Waals surface area contributed by atoms with Crippen LogP contribution in [0.2, 0.25) is 0 Å². The average Bonchev–Trinajstić information content (AvgIpc) is 2.04. The summed E-state index contributed by atoms with van der Waals surface area (Å²) in [4.78, 5) is 10.5. The topological polar surface area (TPSA) is 49.3 Å². The third kappa shape index (κ3) is 4.91. The zero-order valence-corrected chi connectivity index (χ0v) is 7.55. The number of carboxylic acid groups (broad SMARTS) is 1. The lowest BCUT2D eigenvalue weighted by Crippen LogP contribution is -2.35. The molecular weight excluding hydrogens is 154 g/mol. The summed E-state index contributed by atoms with van der Waals surface area (Å²) in [5, 5.41) is 11.5. The second-order valence-electron chi connectivity index (χ2n) is 2.71. The Balaban J connectivity index is 3.45. The summed E-state index contributed by atoms with van der Waals surface area (Å²) in [6.07, 6.45) is 4.71. The van der Waals surface area contributed by atoms with Gasteiger partial charge in [-0.15, -0.1) is 6.58 Å². The molecule has 0 rings (SSSR count). The second kappa shape index (κ2) is 6.85. The van der Waals surface area contributed by atoms with Gasteiger partial charge < -0.3 is 10.4 Å². The molecule has 1 atom stereocenters. The Bertz CT molecular complexity index is 145. The van der Waals surface area contributed by atoms with Crippen LogP contribution in [-0.2, 0) is 4.79 Å². The van der Waals surface area contributed by atoms with Crippen molar-refractivity contribution in [3.05, 3.63) is 12.7 Å². The summed E-state index contributed by atoms with van der Waals surface area (Å²) in [5.74, 6) is -0.860. The molecule has 0 heterocycles. The predicted octanol–water partition coefficient (Wildman–Crippen LogP) is 1.41. The van der Waals surface area contributed by atoms with E-state index in [-0.39, 0.29) is 0 Å². The van der Waals surface area contributed by atoms with E-state index in [1.54, 1.807) is 0 Å². The maximum atomic E-state index is 10.5. The molecule has 3 heteroatoms. The van der Waals surface area contributed by atoms with Crippen LogP contribution in [0.25, 0.3) is 0 Å². The molecule has 0 spiro atoms. The van der Waals surface area contributed by atoms with E-state index in [2.05, 4.69) is 18.8 Å². The Kier molecular flexibility index (Phi) is 6.38. The number of nitrogens with one attached hydrogen (secondary N) is 1. The van der Waals surface area contributed by atoms with E-state index in [0.29, 0.717) is 0 Å². The third-order valence-electron chi connectivity index (χ3n) is 1.65. The van der Waals surface area contributed by atoms with E-state index in [4.69, 9.17) is 5.11 Å². The molecule has 0 fully saturated rings.